The molecular formula is C20H22N6O. The van der Waals surface area contributed by atoms with Gasteiger partial charge in [0, 0.05) is 38.6 Å². The highest BCUT2D eigenvalue weighted by atomic mass is 16.2. The number of aromatic nitrogens is 4. The molecule has 3 aromatic rings. The molecule has 1 aromatic carbocycles. The average Bonchev–Trinajstić information content (AvgIpc) is 3.13. The van der Waals surface area contributed by atoms with Gasteiger partial charge in [-0.25, -0.2) is 4.68 Å². The number of rotatable bonds is 3. The van der Waals surface area contributed by atoms with Crippen LogP contribution in [0, 0.1) is 6.92 Å². The summed E-state index contributed by atoms with van der Waals surface area (Å²) in [6, 6.07) is 13.4. The molecule has 4 rings (SSSR count). The van der Waals surface area contributed by atoms with Crippen LogP contribution in [0.5, 0.6) is 0 Å². The highest BCUT2D eigenvalue weighted by Crippen LogP contribution is 2.18. The molecule has 2 aromatic heterocycles. The van der Waals surface area contributed by atoms with E-state index in [1.54, 1.807) is 10.9 Å². The first-order valence-corrected chi connectivity index (χ1v) is 9.16. The fraction of sp³-hybridized carbons (Fsp3) is 0.300. The van der Waals surface area contributed by atoms with E-state index in [1.165, 1.54) is 0 Å². The van der Waals surface area contributed by atoms with E-state index >= 15 is 0 Å². The maximum absolute atomic E-state index is 13.2. The van der Waals surface area contributed by atoms with Crippen molar-refractivity contribution >= 4 is 11.7 Å². The summed E-state index contributed by atoms with van der Waals surface area (Å²) in [4.78, 5) is 17.3. The molecule has 138 valence electrons. The second-order valence-corrected chi connectivity index (χ2v) is 6.63. The zero-order valence-electron chi connectivity index (χ0n) is 15.3. The van der Waals surface area contributed by atoms with Gasteiger partial charge in [-0.2, -0.15) is 10.2 Å². The normalized spacial score (nSPS) is 14.9. The molecule has 27 heavy (non-hydrogen) atoms. The zero-order valence-corrected chi connectivity index (χ0v) is 15.3. The Morgan fingerprint density at radius 3 is 2.63 bits per heavy atom. The van der Waals surface area contributed by atoms with Crippen LogP contribution in [0.1, 0.15) is 22.5 Å². The predicted molar refractivity (Wildman–Crippen MR) is 103 cm³/mol. The molecular weight excluding hydrogens is 340 g/mol. The van der Waals surface area contributed by atoms with E-state index in [9.17, 15) is 4.79 Å². The van der Waals surface area contributed by atoms with Gasteiger partial charge in [0.2, 0.25) is 0 Å². The van der Waals surface area contributed by atoms with Crippen molar-refractivity contribution in [2.24, 2.45) is 0 Å². The van der Waals surface area contributed by atoms with Crippen LogP contribution >= 0.6 is 0 Å². The van der Waals surface area contributed by atoms with Crippen LogP contribution in [0.4, 0.5) is 5.82 Å². The highest BCUT2D eigenvalue weighted by molar-refractivity contribution is 5.97. The highest BCUT2D eigenvalue weighted by Gasteiger charge is 2.23. The molecule has 1 amide bonds. The lowest BCUT2D eigenvalue weighted by Crippen LogP contribution is -2.36. The zero-order chi connectivity index (χ0) is 18.6. The summed E-state index contributed by atoms with van der Waals surface area (Å²) in [6.45, 7) is 4.91. The number of aryl methyl sites for hydroxylation is 1. The van der Waals surface area contributed by atoms with Crippen LogP contribution in [0.25, 0.3) is 5.69 Å². The van der Waals surface area contributed by atoms with Crippen LogP contribution in [-0.4, -0.2) is 57.0 Å². The Hall–Kier alpha value is -3.22. The van der Waals surface area contributed by atoms with Crippen molar-refractivity contribution in [1.29, 1.82) is 0 Å². The van der Waals surface area contributed by atoms with Crippen LogP contribution < -0.4 is 4.90 Å². The summed E-state index contributed by atoms with van der Waals surface area (Å²) in [6.07, 6.45) is 4.46. The Balaban J connectivity index is 1.52. The summed E-state index contributed by atoms with van der Waals surface area (Å²) in [5, 5.41) is 12.7. The van der Waals surface area contributed by atoms with Crippen molar-refractivity contribution in [3.8, 4) is 5.69 Å². The van der Waals surface area contributed by atoms with Crippen molar-refractivity contribution in [3.63, 3.8) is 0 Å². The van der Waals surface area contributed by atoms with Gasteiger partial charge in [-0.1, -0.05) is 12.1 Å². The van der Waals surface area contributed by atoms with Gasteiger partial charge in [0.25, 0.3) is 5.91 Å². The third-order valence-corrected chi connectivity index (χ3v) is 4.78. The number of benzene rings is 1. The number of hydrogen-bond acceptors (Lipinski definition) is 5. The Kier molecular flexibility index (Phi) is 4.82. The van der Waals surface area contributed by atoms with Gasteiger partial charge in [0.15, 0.2) is 5.82 Å². The fourth-order valence-electron chi connectivity index (χ4n) is 3.35. The molecule has 0 unspecified atom stereocenters. The molecule has 0 N–H and O–H groups in total. The van der Waals surface area contributed by atoms with Gasteiger partial charge in [0.1, 0.15) is 0 Å². The number of carbonyl (C=O) groups excluding carboxylic acids is 1. The molecule has 0 saturated carbocycles. The molecule has 0 bridgehead atoms. The molecule has 1 saturated heterocycles. The molecule has 0 aliphatic carbocycles. The van der Waals surface area contributed by atoms with Crippen molar-refractivity contribution in [1.82, 2.24) is 24.9 Å². The Morgan fingerprint density at radius 2 is 1.85 bits per heavy atom. The Bertz CT molecular complexity index is 906. The molecule has 1 aliphatic heterocycles. The number of hydrogen-bond donors (Lipinski definition) is 0. The molecule has 3 heterocycles. The van der Waals surface area contributed by atoms with Crippen LogP contribution in [0.3, 0.4) is 0 Å². The quantitative estimate of drug-likeness (QED) is 0.715. The van der Waals surface area contributed by atoms with Crippen molar-refractivity contribution in [2.45, 2.75) is 13.3 Å². The standard InChI is InChI=1S/C20H22N6O/c1-16-8-9-19(23-22-16)24-11-5-12-25(15-14-24)20(27)17-6-2-3-7-18(17)26-13-4-10-21-26/h2-4,6-10,13H,5,11-12,14-15H2,1H3. The number of para-hydroxylation sites is 1. The first kappa shape index (κ1) is 17.2. The molecule has 7 nitrogen and oxygen atoms in total. The first-order chi connectivity index (χ1) is 13.2. The third-order valence-electron chi connectivity index (χ3n) is 4.78. The lowest BCUT2D eigenvalue weighted by molar-refractivity contribution is 0.0767. The maximum Gasteiger partial charge on any atom is 0.256 e. The number of amides is 1. The first-order valence-electron chi connectivity index (χ1n) is 9.16. The monoisotopic (exact) mass is 362 g/mol. The van der Waals surface area contributed by atoms with Gasteiger partial charge in [-0.15, -0.1) is 5.10 Å². The van der Waals surface area contributed by atoms with E-state index in [2.05, 4.69) is 20.2 Å². The Labute approximate surface area is 158 Å². The summed E-state index contributed by atoms with van der Waals surface area (Å²) >= 11 is 0. The van der Waals surface area contributed by atoms with Gasteiger partial charge >= 0.3 is 0 Å². The van der Waals surface area contributed by atoms with E-state index in [1.807, 2.05) is 60.5 Å². The lowest BCUT2D eigenvalue weighted by Gasteiger charge is -2.23. The topological polar surface area (TPSA) is 67.2 Å². The van der Waals surface area contributed by atoms with Gasteiger partial charge in [0.05, 0.1) is 16.9 Å². The molecule has 7 heteroatoms. The SMILES string of the molecule is Cc1ccc(N2CCCN(C(=O)c3ccccc3-n3cccn3)CC2)nn1. The minimum atomic E-state index is 0.0398. The average molecular weight is 362 g/mol. The van der Waals surface area contributed by atoms with Crippen molar-refractivity contribution in [2.75, 3.05) is 31.1 Å². The molecule has 1 aliphatic rings. The third kappa shape index (κ3) is 3.67. The second-order valence-electron chi connectivity index (χ2n) is 6.63. The van der Waals surface area contributed by atoms with E-state index in [0.29, 0.717) is 12.1 Å². The van der Waals surface area contributed by atoms with Crippen LogP contribution in [0.2, 0.25) is 0 Å². The Morgan fingerprint density at radius 1 is 0.963 bits per heavy atom. The van der Waals surface area contributed by atoms with Crippen LogP contribution in [0.15, 0.2) is 54.9 Å². The largest absolute Gasteiger partial charge is 0.353 e. The summed E-state index contributed by atoms with van der Waals surface area (Å²) in [7, 11) is 0. The molecule has 0 spiro atoms. The van der Waals surface area contributed by atoms with Crippen LogP contribution in [-0.2, 0) is 0 Å². The summed E-state index contributed by atoms with van der Waals surface area (Å²) in [5.74, 6) is 0.907. The van der Waals surface area contributed by atoms with E-state index in [0.717, 1.165) is 43.3 Å². The number of anilines is 1. The number of carbonyl (C=O) groups is 1. The lowest BCUT2D eigenvalue weighted by atomic mass is 10.1. The second kappa shape index (κ2) is 7.57. The summed E-state index contributed by atoms with van der Waals surface area (Å²) < 4.78 is 1.74. The fourth-order valence-corrected chi connectivity index (χ4v) is 3.35. The van der Waals surface area contributed by atoms with E-state index in [-0.39, 0.29) is 5.91 Å². The van der Waals surface area contributed by atoms with Crippen molar-refractivity contribution < 1.29 is 4.79 Å². The minimum absolute atomic E-state index is 0.0398. The summed E-state index contributed by atoms with van der Waals surface area (Å²) in [5.41, 5.74) is 2.38. The molecule has 0 radical (unpaired) electrons. The van der Waals surface area contributed by atoms with Gasteiger partial charge < -0.3 is 9.80 Å². The smallest absolute Gasteiger partial charge is 0.256 e. The number of nitrogens with zero attached hydrogens (tertiary/aromatic N) is 6. The molecule has 0 atom stereocenters. The minimum Gasteiger partial charge on any atom is -0.353 e. The predicted octanol–water partition coefficient (Wildman–Crippen LogP) is 2.32. The molecule has 1 fully saturated rings. The van der Waals surface area contributed by atoms with E-state index in [4.69, 9.17) is 0 Å². The van der Waals surface area contributed by atoms with E-state index < -0.39 is 0 Å². The van der Waals surface area contributed by atoms with Crippen molar-refractivity contribution in [3.05, 3.63) is 66.1 Å². The maximum atomic E-state index is 13.2. The van der Waals surface area contributed by atoms with Gasteiger partial charge in [-0.05, 0) is 43.7 Å². The van der Waals surface area contributed by atoms with Gasteiger partial charge in [-0.3, -0.25) is 4.79 Å².